The normalized spacial score (nSPS) is 45.0. The number of allylic oxidation sites excluding steroid dienone is 3. The summed E-state index contributed by atoms with van der Waals surface area (Å²) < 4.78 is 11.8. The topological polar surface area (TPSA) is 72.8 Å². The first-order valence-corrected chi connectivity index (χ1v) is 14.6. The zero-order valence-electron chi connectivity index (χ0n) is 24.1. The second kappa shape index (κ2) is 8.44. The number of hydrogen-bond acceptors (Lipinski definition) is 5. The molecule has 9 atom stereocenters. The average molecular weight is 513 g/mol. The van der Waals surface area contributed by atoms with E-state index in [1.54, 1.807) is 0 Å². The molecule has 3 saturated carbocycles. The maximum absolute atomic E-state index is 13.7. The van der Waals surface area contributed by atoms with Crippen molar-refractivity contribution in [2.24, 2.45) is 39.4 Å². The second-order valence-electron chi connectivity index (χ2n) is 14.6. The summed E-state index contributed by atoms with van der Waals surface area (Å²) in [6.45, 7) is 18.8. The average Bonchev–Trinajstić information content (AvgIpc) is 3.20. The molecule has 1 saturated heterocycles. The number of aliphatic hydroxyl groups is 1. The molecule has 1 heterocycles. The van der Waals surface area contributed by atoms with Gasteiger partial charge in [0.15, 0.2) is 0 Å². The van der Waals surface area contributed by atoms with Gasteiger partial charge in [-0.1, -0.05) is 44.9 Å². The Morgan fingerprint density at radius 3 is 2.57 bits per heavy atom. The van der Waals surface area contributed by atoms with E-state index in [2.05, 4.69) is 40.3 Å². The first kappa shape index (κ1) is 27.0. The summed E-state index contributed by atoms with van der Waals surface area (Å²) in [4.78, 5) is 25.5. The minimum atomic E-state index is -0.956. The van der Waals surface area contributed by atoms with E-state index in [1.165, 1.54) is 12.5 Å². The molecule has 1 aliphatic heterocycles. The van der Waals surface area contributed by atoms with Crippen LogP contribution in [0.5, 0.6) is 0 Å². The van der Waals surface area contributed by atoms with Gasteiger partial charge in [-0.05, 0) is 88.9 Å². The Morgan fingerprint density at radius 2 is 1.92 bits per heavy atom. The molecular formula is C32H48O5. The Bertz CT molecular complexity index is 1040. The van der Waals surface area contributed by atoms with Crippen LogP contribution in [0.1, 0.15) is 106 Å². The molecule has 4 aliphatic carbocycles. The van der Waals surface area contributed by atoms with E-state index in [-0.39, 0.29) is 46.3 Å². The first-order valence-electron chi connectivity index (χ1n) is 14.6. The Kier molecular flexibility index (Phi) is 6.15. The van der Waals surface area contributed by atoms with Crippen LogP contribution in [-0.2, 0) is 19.1 Å². The fourth-order valence-corrected chi connectivity index (χ4v) is 10.5. The standard InChI is InChI=1S/C32H48O5/c1-19(2)10-9-15-31(8,35)26-23-18-30(7)22-11-12-24-28(4,5)25(36-20(3)33)14-16-29(24,6)21(22)13-17-32(26,30)27(34)37-23/h11,21,23-26,35H,1,9-10,12-18H2,2-8H3/t21-,23+,24+,25+,26-,29-,30+,31+,32-/m1/s1. The molecule has 4 fully saturated rings. The summed E-state index contributed by atoms with van der Waals surface area (Å²) >= 11 is 0. The van der Waals surface area contributed by atoms with Gasteiger partial charge in [0, 0.05) is 23.7 Å². The predicted molar refractivity (Wildman–Crippen MR) is 143 cm³/mol. The van der Waals surface area contributed by atoms with Crippen molar-refractivity contribution in [2.45, 2.75) is 124 Å². The number of fused-ring (bicyclic) bond motifs is 5. The number of rotatable bonds is 6. The van der Waals surface area contributed by atoms with Crippen LogP contribution >= 0.6 is 0 Å². The monoisotopic (exact) mass is 512 g/mol. The van der Waals surface area contributed by atoms with E-state index < -0.39 is 11.0 Å². The Labute approximate surface area is 223 Å². The van der Waals surface area contributed by atoms with Crippen molar-refractivity contribution in [3.05, 3.63) is 23.8 Å². The van der Waals surface area contributed by atoms with Crippen molar-refractivity contribution in [3.63, 3.8) is 0 Å². The van der Waals surface area contributed by atoms with Gasteiger partial charge in [-0.2, -0.15) is 0 Å². The minimum Gasteiger partial charge on any atom is -0.462 e. The summed E-state index contributed by atoms with van der Waals surface area (Å²) in [5.41, 5.74) is 0.663. The molecule has 2 bridgehead atoms. The van der Waals surface area contributed by atoms with E-state index in [0.29, 0.717) is 18.3 Å². The Morgan fingerprint density at radius 1 is 1.22 bits per heavy atom. The lowest BCUT2D eigenvalue weighted by Crippen LogP contribution is -2.61. The summed E-state index contributed by atoms with van der Waals surface area (Å²) in [6, 6.07) is 0. The van der Waals surface area contributed by atoms with Gasteiger partial charge < -0.3 is 14.6 Å². The highest BCUT2D eigenvalue weighted by Gasteiger charge is 2.78. The molecule has 5 rings (SSSR count). The van der Waals surface area contributed by atoms with E-state index in [4.69, 9.17) is 9.47 Å². The van der Waals surface area contributed by atoms with Crippen molar-refractivity contribution < 1.29 is 24.2 Å². The van der Waals surface area contributed by atoms with Crippen LogP contribution in [0.2, 0.25) is 0 Å². The highest BCUT2D eigenvalue weighted by atomic mass is 16.6. The lowest BCUT2D eigenvalue weighted by atomic mass is 9.40. The number of esters is 2. The van der Waals surface area contributed by atoms with Gasteiger partial charge in [0.2, 0.25) is 0 Å². The highest BCUT2D eigenvalue weighted by molar-refractivity contribution is 5.84. The fourth-order valence-electron chi connectivity index (χ4n) is 10.5. The molecule has 0 amide bonds. The van der Waals surface area contributed by atoms with Gasteiger partial charge in [-0.3, -0.25) is 9.59 Å². The zero-order valence-corrected chi connectivity index (χ0v) is 24.1. The first-order chi connectivity index (χ1) is 17.1. The molecule has 37 heavy (non-hydrogen) atoms. The molecule has 0 aromatic heterocycles. The quantitative estimate of drug-likeness (QED) is 0.323. The number of carbonyl (C=O) groups excluding carboxylic acids is 2. The number of ether oxygens (including phenoxy) is 2. The zero-order chi connectivity index (χ0) is 27.2. The summed E-state index contributed by atoms with van der Waals surface area (Å²) in [6.07, 6.45) is 9.98. The molecule has 1 spiro atoms. The van der Waals surface area contributed by atoms with Crippen LogP contribution in [0.3, 0.4) is 0 Å². The summed E-state index contributed by atoms with van der Waals surface area (Å²) in [7, 11) is 0. The van der Waals surface area contributed by atoms with E-state index in [1.807, 2.05) is 13.8 Å². The largest absolute Gasteiger partial charge is 0.462 e. The number of hydrogen-bond donors (Lipinski definition) is 1. The van der Waals surface area contributed by atoms with Gasteiger partial charge in [0.25, 0.3) is 0 Å². The molecule has 5 nitrogen and oxygen atoms in total. The Balaban J connectivity index is 1.50. The van der Waals surface area contributed by atoms with Gasteiger partial charge in [0.1, 0.15) is 12.2 Å². The lowest BCUT2D eigenvalue weighted by molar-refractivity contribution is -0.180. The van der Waals surface area contributed by atoms with Crippen LogP contribution in [0.4, 0.5) is 0 Å². The maximum atomic E-state index is 13.7. The lowest BCUT2D eigenvalue weighted by Gasteiger charge is -2.64. The van der Waals surface area contributed by atoms with Crippen LogP contribution in [0.25, 0.3) is 0 Å². The van der Waals surface area contributed by atoms with Gasteiger partial charge >= 0.3 is 11.9 Å². The predicted octanol–water partition coefficient (Wildman–Crippen LogP) is 6.54. The molecule has 5 heteroatoms. The van der Waals surface area contributed by atoms with Gasteiger partial charge in [-0.15, -0.1) is 6.58 Å². The molecule has 5 aliphatic rings. The van der Waals surface area contributed by atoms with Crippen LogP contribution in [0.15, 0.2) is 23.8 Å². The molecule has 0 aromatic rings. The fraction of sp³-hybridized carbons (Fsp3) is 0.812. The number of carbonyl (C=O) groups is 2. The van der Waals surface area contributed by atoms with E-state index >= 15 is 0 Å². The molecule has 206 valence electrons. The third-order valence-corrected chi connectivity index (χ3v) is 12.1. The van der Waals surface area contributed by atoms with Gasteiger partial charge in [0.05, 0.1) is 11.0 Å². The second-order valence-corrected chi connectivity index (χ2v) is 14.6. The van der Waals surface area contributed by atoms with Crippen LogP contribution in [0, 0.1) is 39.4 Å². The third kappa shape index (κ3) is 3.58. The van der Waals surface area contributed by atoms with Crippen LogP contribution < -0.4 is 0 Å². The molecular weight excluding hydrogens is 464 g/mol. The molecule has 0 unspecified atom stereocenters. The minimum absolute atomic E-state index is 0.0558. The smallest absolute Gasteiger partial charge is 0.313 e. The maximum Gasteiger partial charge on any atom is 0.313 e. The third-order valence-electron chi connectivity index (χ3n) is 12.1. The molecule has 0 aromatic carbocycles. The highest BCUT2D eigenvalue weighted by Crippen LogP contribution is 2.76. The SMILES string of the molecule is C=C(C)CCC[C@](C)(O)[C@H]1[C@@H]2C[C@@]3(C)C4=CC[C@H]5C(C)(C)[C@@H](OC(C)=O)CC[C@]5(C)[C@@H]4CC[C@]13C(=O)O2. The van der Waals surface area contributed by atoms with Crippen molar-refractivity contribution in [3.8, 4) is 0 Å². The van der Waals surface area contributed by atoms with Crippen molar-refractivity contribution in [2.75, 3.05) is 0 Å². The van der Waals surface area contributed by atoms with E-state index in [9.17, 15) is 14.7 Å². The van der Waals surface area contributed by atoms with E-state index in [0.717, 1.165) is 56.9 Å². The van der Waals surface area contributed by atoms with Crippen molar-refractivity contribution in [1.82, 2.24) is 0 Å². The summed E-state index contributed by atoms with van der Waals surface area (Å²) in [5, 5.41) is 11.9. The molecule has 1 N–H and O–H groups in total. The van der Waals surface area contributed by atoms with Crippen LogP contribution in [-0.4, -0.2) is 34.9 Å². The van der Waals surface area contributed by atoms with Crippen molar-refractivity contribution in [1.29, 1.82) is 0 Å². The molecule has 0 radical (unpaired) electrons. The Hall–Kier alpha value is -1.62. The van der Waals surface area contributed by atoms with Crippen molar-refractivity contribution >= 4 is 11.9 Å². The summed E-state index contributed by atoms with van der Waals surface area (Å²) in [5.74, 6) is 0.368. The van der Waals surface area contributed by atoms with Gasteiger partial charge in [-0.25, -0.2) is 0 Å².